The fraction of sp³-hybridized carbons (Fsp3) is 0.294. The van der Waals surface area contributed by atoms with Crippen LogP contribution >= 0.6 is 27.5 Å². The second kappa shape index (κ2) is 7.96. The van der Waals surface area contributed by atoms with Gasteiger partial charge in [-0.15, -0.1) is 0 Å². The standard InChI is InChI=1S/C17H18BrClN4O/c18-13-4-5-15(14(19)11-13)21-17(24)12-22-7-9-23(10-8-22)16-3-1-2-6-20-16/h1-6,11H,7-10,12H2,(H,21,24)/p+2. The van der Waals surface area contributed by atoms with Gasteiger partial charge in [-0.3, -0.25) is 9.69 Å². The summed E-state index contributed by atoms with van der Waals surface area (Å²) in [6.45, 7) is 4.19. The quantitative estimate of drug-likeness (QED) is 0.796. The molecule has 1 aromatic carbocycles. The summed E-state index contributed by atoms with van der Waals surface area (Å²) < 4.78 is 0.893. The van der Waals surface area contributed by atoms with Gasteiger partial charge in [-0.2, -0.15) is 0 Å². The highest BCUT2D eigenvalue weighted by atomic mass is 79.9. The second-order valence-electron chi connectivity index (χ2n) is 5.83. The number of piperazine rings is 1. The van der Waals surface area contributed by atoms with E-state index in [0.29, 0.717) is 17.3 Å². The van der Waals surface area contributed by atoms with E-state index in [4.69, 9.17) is 11.6 Å². The van der Waals surface area contributed by atoms with Crippen molar-refractivity contribution in [1.82, 2.24) is 0 Å². The van der Waals surface area contributed by atoms with Crippen LogP contribution in [0.4, 0.5) is 11.5 Å². The van der Waals surface area contributed by atoms with E-state index in [1.165, 1.54) is 4.90 Å². The van der Waals surface area contributed by atoms with Crippen molar-refractivity contribution in [2.75, 3.05) is 42.9 Å². The largest absolute Gasteiger partial charge is 0.321 e. The lowest BCUT2D eigenvalue weighted by atomic mass is 10.3. The summed E-state index contributed by atoms with van der Waals surface area (Å²) >= 11 is 9.50. The summed E-state index contributed by atoms with van der Waals surface area (Å²) in [5, 5.41) is 3.43. The zero-order chi connectivity index (χ0) is 16.9. The van der Waals surface area contributed by atoms with Crippen LogP contribution < -0.4 is 20.1 Å². The number of benzene rings is 1. The zero-order valence-corrected chi connectivity index (χ0v) is 15.5. The molecule has 1 aliphatic rings. The lowest BCUT2D eigenvalue weighted by Gasteiger charge is -2.27. The molecule has 0 saturated carbocycles. The van der Waals surface area contributed by atoms with E-state index < -0.39 is 0 Å². The molecule has 2 aromatic rings. The highest BCUT2D eigenvalue weighted by Gasteiger charge is 2.27. The van der Waals surface area contributed by atoms with Gasteiger partial charge in [-0.1, -0.05) is 33.6 Å². The van der Waals surface area contributed by atoms with Crippen LogP contribution in [0.3, 0.4) is 0 Å². The van der Waals surface area contributed by atoms with Crippen LogP contribution in [0.1, 0.15) is 0 Å². The first-order valence-electron chi connectivity index (χ1n) is 7.92. The molecule has 0 atom stereocenters. The Morgan fingerprint density at radius 2 is 2.08 bits per heavy atom. The Kier molecular flexibility index (Phi) is 5.71. The molecule has 3 N–H and O–H groups in total. The molecule has 1 saturated heterocycles. The van der Waals surface area contributed by atoms with Crippen LogP contribution in [0.25, 0.3) is 0 Å². The molecule has 126 valence electrons. The van der Waals surface area contributed by atoms with Crippen molar-refractivity contribution in [3.8, 4) is 0 Å². The average molecular weight is 412 g/mol. The predicted molar refractivity (Wildman–Crippen MR) is 98.6 cm³/mol. The summed E-state index contributed by atoms with van der Waals surface area (Å²) in [6, 6.07) is 11.5. The number of nitrogens with one attached hydrogen (secondary N) is 3. The maximum Gasteiger partial charge on any atom is 0.279 e. The Balaban J connectivity index is 1.50. The van der Waals surface area contributed by atoms with Crippen molar-refractivity contribution < 1.29 is 14.7 Å². The van der Waals surface area contributed by atoms with Crippen molar-refractivity contribution in [3.05, 3.63) is 52.1 Å². The first-order valence-corrected chi connectivity index (χ1v) is 9.09. The fourth-order valence-corrected chi connectivity index (χ4v) is 3.55. The smallest absolute Gasteiger partial charge is 0.279 e. The maximum absolute atomic E-state index is 12.2. The van der Waals surface area contributed by atoms with Gasteiger partial charge in [0.25, 0.3) is 11.7 Å². The SMILES string of the molecule is O=C(C[NH+]1CCN(c2cccc[nH+]2)CC1)Nc1ccc(Br)cc1Cl. The third-order valence-electron chi connectivity index (χ3n) is 4.12. The van der Waals surface area contributed by atoms with Crippen molar-refractivity contribution in [2.24, 2.45) is 0 Å². The number of pyridine rings is 1. The molecule has 0 radical (unpaired) electrons. The summed E-state index contributed by atoms with van der Waals surface area (Å²) in [6.07, 6.45) is 1.93. The topological polar surface area (TPSA) is 50.9 Å². The zero-order valence-electron chi connectivity index (χ0n) is 13.2. The molecular formula is C17H20BrClN4O+2. The summed E-state index contributed by atoms with van der Waals surface area (Å²) in [4.78, 5) is 19.1. The Morgan fingerprint density at radius 3 is 2.75 bits per heavy atom. The number of amides is 1. The number of H-pyrrole nitrogens is 1. The molecule has 3 rings (SSSR count). The molecule has 24 heavy (non-hydrogen) atoms. The van der Waals surface area contributed by atoms with E-state index in [1.54, 1.807) is 6.07 Å². The number of carbonyl (C=O) groups excluding carboxylic acids is 1. The van der Waals surface area contributed by atoms with E-state index >= 15 is 0 Å². The minimum absolute atomic E-state index is 0.00561. The van der Waals surface area contributed by atoms with Gasteiger partial charge in [-0.25, -0.2) is 4.98 Å². The van der Waals surface area contributed by atoms with Crippen LogP contribution in [0, 0.1) is 0 Å². The number of quaternary nitrogens is 1. The van der Waals surface area contributed by atoms with Gasteiger partial charge in [0.05, 0.1) is 16.9 Å². The van der Waals surface area contributed by atoms with E-state index in [0.717, 1.165) is 36.5 Å². The lowest BCUT2D eigenvalue weighted by Crippen LogP contribution is -3.15. The molecule has 1 amide bonds. The van der Waals surface area contributed by atoms with Crippen molar-refractivity contribution in [1.29, 1.82) is 0 Å². The number of carbonyl (C=O) groups is 1. The molecule has 5 nitrogen and oxygen atoms in total. The molecular weight excluding hydrogens is 392 g/mol. The van der Waals surface area contributed by atoms with Gasteiger partial charge in [0.2, 0.25) is 0 Å². The van der Waals surface area contributed by atoms with Gasteiger partial charge in [-0.05, 0) is 24.3 Å². The maximum atomic E-state index is 12.2. The van der Waals surface area contributed by atoms with Crippen molar-refractivity contribution >= 4 is 44.9 Å². The van der Waals surface area contributed by atoms with Gasteiger partial charge < -0.3 is 10.2 Å². The molecule has 1 aliphatic heterocycles. The van der Waals surface area contributed by atoms with Crippen LogP contribution in [0.2, 0.25) is 5.02 Å². The van der Waals surface area contributed by atoms with Crippen LogP contribution in [-0.4, -0.2) is 38.6 Å². The first kappa shape index (κ1) is 17.2. The third-order valence-corrected chi connectivity index (χ3v) is 4.93. The molecule has 2 heterocycles. The van der Waals surface area contributed by atoms with Crippen LogP contribution in [0.5, 0.6) is 0 Å². The number of rotatable bonds is 4. The van der Waals surface area contributed by atoms with Crippen LogP contribution in [0.15, 0.2) is 47.1 Å². The highest BCUT2D eigenvalue weighted by molar-refractivity contribution is 9.10. The average Bonchev–Trinajstić information content (AvgIpc) is 2.59. The first-order chi connectivity index (χ1) is 11.6. The van der Waals surface area contributed by atoms with Gasteiger partial charge in [0.15, 0.2) is 6.54 Å². The fourth-order valence-electron chi connectivity index (χ4n) is 2.83. The van der Waals surface area contributed by atoms with Gasteiger partial charge in [0, 0.05) is 10.5 Å². The van der Waals surface area contributed by atoms with E-state index in [1.807, 2.05) is 30.5 Å². The molecule has 1 fully saturated rings. The predicted octanol–water partition coefficient (Wildman–Crippen LogP) is 1.26. The molecule has 0 bridgehead atoms. The molecule has 1 aromatic heterocycles. The Bertz CT molecular complexity index is 705. The number of anilines is 2. The van der Waals surface area contributed by atoms with Gasteiger partial charge >= 0.3 is 0 Å². The molecule has 0 spiro atoms. The van der Waals surface area contributed by atoms with Gasteiger partial charge in [0.1, 0.15) is 26.2 Å². The minimum Gasteiger partial charge on any atom is -0.321 e. The van der Waals surface area contributed by atoms with E-state index in [9.17, 15) is 4.79 Å². The Hall–Kier alpha value is -1.63. The lowest BCUT2D eigenvalue weighted by molar-refractivity contribution is -0.892. The van der Waals surface area contributed by atoms with Crippen molar-refractivity contribution in [2.45, 2.75) is 0 Å². The number of hydrogen-bond acceptors (Lipinski definition) is 2. The van der Waals surface area contributed by atoms with Crippen LogP contribution in [-0.2, 0) is 4.79 Å². The summed E-state index contributed by atoms with van der Waals surface area (Å²) in [7, 11) is 0. The molecule has 0 unspecified atom stereocenters. The monoisotopic (exact) mass is 410 g/mol. The number of halogens is 2. The summed E-state index contributed by atoms with van der Waals surface area (Å²) in [5.74, 6) is 1.12. The number of hydrogen-bond donors (Lipinski definition) is 2. The Morgan fingerprint density at radius 1 is 1.29 bits per heavy atom. The number of aromatic nitrogens is 1. The van der Waals surface area contributed by atoms with Crippen molar-refractivity contribution in [3.63, 3.8) is 0 Å². The molecule has 7 heteroatoms. The Labute approximate surface area is 154 Å². The second-order valence-corrected chi connectivity index (χ2v) is 7.16. The number of aromatic amines is 1. The van der Waals surface area contributed by atoms with E-state index in [2.05, 4.69) is 37.2 Å². The highest BCUT2D eigenvalue weighted by Crippen LogP contribution is 2.25. The third kappa shape index (κ3) is 4.47. The molecule has 0 aliphatic carbocycles. The minimum atomic E-state index is -0.00561. The van der Waals surface area contributed by atoms with E-state index in [-0.39, 0.29) is 5.91 Å². The normalized spacial score (nSPS) is 15.3. The number of nitrogens with zero attached hydrogens (tertiary/aromatic N) is 1. The summed E-state index contributed by atoms with van der Waals surface area (Å²) in [5.41, 5.74) is 0.654.